The van der Waals surface area contributed by atoms with Crippen LogP contribution in [0.15, 0.2) is 24.3 Å². The van der Waals surface area contributed by atoms with Crippen LogP contribution in [0.1, 0.15) is 43.0 Å². The maximum atomic E-state index is 3.12. The summed E-state index contributed by atoms with van der Waals surface area (Å²) in [5.74, 6) is 0. The highest BCUT2D eigenvalue weighted by molar-refractivity contribution is 5.70. The first kappa shape index (κ1) is 17.2. The van der Waals surface area contributed by atoms with E-state index in [2.05, 4.69) is 10.9 Å². The van der Waals surface area contributed by atoms with Crippen LogP contribution in [-0.4, -0.2) is 12.2 Å². The highest BCUT2D eigenvalue weighted by Gasteiger charge is 2.10. The van der Waals surface area contributed by atoms with Crippen LogP contribution in [0, 0.1) is 0 Å². The summed E-state index contributed by atoms with van der Waals surface area (Å²) in [6.45, 7) is 12.0. The third-order valence-electron chi connectivity index (χ3n) is 1.50. The molecule has 1 aromatic carbocycles. The third-order valence-corrected chi connectivity index (χ3v) is 1.50. The van der Waals surface area contributed by atoms with Crippen molar-refractivity contribution in [1.82, 2.24) is 5.12 Å². The minimum absolute atomic E-state index is 0. The SMILES string of the molecule is CC.CC.CC.CN1Nc2ccccc2N1.[HH]. The van der Waals surface area contributed by atoms with Gasteiger partial charge < -0.3 is 0 Å². The lowest BCUT2D eigenvalue weighted by atomic mass is 10.3. The molecule has 3 heteroatoms. The Hall–Kier alpha value is -1.22. The van der Waals surface area contributed by atoms with Gasteiger partial charge in [-0.05, 0) is 12.1 Å². The lowest BCUT2D eigenvalue weighted by Crippen LogP contribution is -2.23. The van der Waals surface area contributed by atoms with Gasteiger partial charge in [-0.1, -0.05) is 53.7 Å². The van der Waals surface area contributed by atoms with Gasteiger partial charge in [0.2, 0.25) is 0 Å². The van der Waals surface area contributed by atoms with Crippen molar-refractivity contribution in [2.75, 3.05) is 17.9 Å². The summed E-state index contributed by atoms with van der Waals surface area (Å²) in [7, 11) is 1.93. The Labute approximate surface area is 102 Å². The molecule has 1 aliphatic rings. The Bertz CT molecular complexity index is 229. The first-order chi connectivity index (χ1) is 7.86. The number of anilines is 2. The molecule has 0 bridgehead atoms. The van der Waals surface area contributed by atoms with E-state index >= 15 is 0 Å². The van der Waals surface area contributed by atoms with Crippen LogP contribution < -0.4 is 10.9 Å². The van der Waals surface area contributed by atoms with Crippen LogP contribution >= 0.6 is 0 Å². The standard InChI is InChI=1S/C7H9N3.3C2H6.H2/c1-10-8-6-4-2-3-5-7(6)9-10;3*1-2;/h2-5,8-9H,1H3;3*1-2H3;1H. The van der Waals surface area contributed by atoms with E-state index in [1.807, 2.05) is 78.0 Å². The number of hydrogen-bond donors (Lipinski definition) is 2. The first-order valence-electron chi connectivity index (χ1n) is 6.22. The second-order valence-corrected chi connectivity index (χ2v) is 2.33. The largest absolute Gasteiger partial charge is 0.300 e. The Morgan fingerprint density at radius 3 is 1.44 bits per heavy atom. The average molecular weight is 227 g/mol. The van der Waals surface area contributed by atoms with E-state index < -0.39 is 0 Å². The molecule has 0 aliphatic carbocycles. The number of hydrogen-bond acceptors (Lipinski definition) is 3. The van der Waals surface area contributed by atoms with Gasteiger partial charge in [-0.3, -0.25) is 10.9 Å². The molecule has 0 aromatic heterocycles. The van der Waals surface area contributed by atoms with Crippen molar-refractivity contribution in [1.29, 1.82) is 0 Å². The van der Waals surface area contributed by atoms with Gasteiger partial charge in [-0.25, -0.2) is 0 Å². The highest BCUT2D eigenvalue weighted by atomic mass is 15.7. The number of nitrogens with zero attached hydrogens (tertiary/aromatic N) is 1. The maximum Gasteiger partial charge on any atom is 0.0753 e. The van der Waals surface area contributed by atoms with E-state index in [4.69, 9.17) is 0 Å². The van der Waals surface area contributed by atoms with Crippen LogP contribution in [0.25, 0.3) is 0 Å². The van der Waals surface area contributed by atoms with E-state index in [0.717, 1.165) is 11.4 Å². The number of para-hydroxylation sites is 2. The van der Waals surface area contributed by atoms with Gasteiger partial charge in [-0.2, -0.15) is 0 Å². The van der Waals surface area contributed by atoms with E-state index in [1.54, 1.807) is 0 Å². The molecule has 1 aliphatic heterocycles. The second-order valence-electron chi connectivity index (χ2n) is 2.33. The number of nitrogens with one attached hydrogen (secondary N) is 2. The van der Waals surface area contributed by atoms with Gasteiger partial charge in [-0.15, -0.1) is 5.12 Å². The first-order valence-corrected chi connectivity index (χ1v) is 6.22. The molecule has 2 rings (SSSR count). The molecule has 0 unspecified atom stereocenters. The van der Waals surface area contributed by atoms with Gasteiger partial charge >= 0.3 is 0 Å². The minimum Gasteiger partial charge on any atom is -0.300 e. The summed E-state index contributed by atoms with van der Waals surface area (Å²) >= 11 is 0. The molecule has 0 radical (unpaired) electrons. The van der Waals surface area contributed by atoms with Gasteiger partial charge in [0.05, 0.1) is 11.4 Å². The van der Waals surface area contributed by atoms with Gasteiger partial charge in [0.15, 0.2) is 0 Å². The molecule has 0 amide bonds. The molecule has 3 nitrogen and oxygen atoms in total. The number of benzene rings is 1. The minimum atomic E-state index is 0. The quantitative estimate of drug-likeness (QED) is 0.677. The van der Waals surface area contributed by atoms with Crippen molar-refractivity contribution in [3.8, 4) is 0 Å². The molecular weight excluding hydrogens is 198 g/mol. The predicted molar refractivity (Wildman–Crippen MR) is 77.6 cm³/mol. The fraction of sp³-hybridized carbons (Fsp3) is 0.538. The van der Waals surface area contributed by atoms with Crippen LogP contribution in [-0.2, 0) is 0 Å². The Morgan fingerprint density at radius 2 is 1.12 bits per heavy atom. The number of fused-ring (bicyclic) bond motifs is 1. The molecule has 0 saturated carbocycles. The lowest BCUT2D eigenvalue weighted by Gasteiger charge is -2.07. The molecular formula is C13H29N3. The molecule has 1 aromatic rings. The molecule has 96 valence electrons. The second kappa shape index (κ2) is 11.9. The van der Waals surface area contributed by atoms with Crippen molar-refractivity contribution in [3.63, 3.8) is 0 Å². The topological polar surface area (TPSA) is 27.3 Å². The van der Waals surface area contributed by atoms with Crippen molar-refractivity contribution < 1.29 is 1.43 Å². The smallest absolute Gasteiger partial charge is 0.0753 e. The van der Waals surface area contributed by atoms with Gasteiger partial charge in [0.1, 0.15) is 0 Å². The third kappa shape index (κ3) is 5.61. The lowest BCUT2D eigenvalue weighted by molar-refractivity contribution is 0.507. The molecule has 16 heavy (non-hydrogen) atoms. The molecule has 0 saturated heterocycles. The molecule has 2 N–H and O–H groups in total. The Morgan fingerprint density at radius 1 is 0.812 bits per heavy atom. The van der Waals surface area contributed by atoms with E-state index in [0.29, 0.717) is 0 Å². The Balaban J connectivity index is -0.000000248. The van der Waals surface area contributed by atoms with E-state index in [-0.39, 0.29) is 1.43 Å². The van der Waals surface area contributed by atoms with Crippen LogP contribution in [0.4, 0.5) is 11.4 Å². The van der Waals surface area contributed by atoms with Crippen molar-refractivity contribution in [2.45, 2.75) is 41.5 Å². The summed E-state index contributed by atoms with van der Waals surface area (Å²) in [5.41, 5.74) is 8.50. The van der Waals surface area contributed by atoms with Crippen LogP contribution in [0.3, 0.4) is 0 Å². The highest BCUT2D eigenvalue weighted by Crippen LogP contribution is 2.25. The summed E-state index contributed by atoms with van der Waals surface area (Å²) in [6, 6.07) is 8.08. The van der Waals surface area contributed by atoms with Crippen molar-refractivity contribution >= 4 is 11.4 Å². The zero-order valence-corrected chi connectivity index (χ0v) is 11.8. The fourth-order valence-electron chi connectivity index (χ4n) is 1.07. The average Bonchev–Trinajstić information content (AvgIpc) is 2.76. The van der Waals surface area contributed by atoms with Gasteiger partial charge in [0, 0.05) is 8.47 Å². The van der Waals surface area contributed by atoms with Gasteiger partial charge in [0.25, 0.3) is 0 Å². The molecule has 1 heterocycles. The zero-order chi connectivity index (χ0) is 13.0. The summed E-state index contributed by atoms with van der Waals surface area (Å²) in [4.78, 5) is 0. The van der Waals surface area contributed by atoms with Crippen molar-refractivity contribution in [2.24, 2.45) is 0 Å². The molecule has 0 fully saturated rings. The maximum absolute atomic E-state index is 3.12. The molecule has 0 atom stereocenters. The number of rotatable bonds is 0. The fourth-order valence-corrected chi connectivity index (χ4v) is 1.07. The number of hydrazine groups is 2. The van der Waals surface area contributed by atoms with E-state index in [1.165, 1.54) is 0 Å². The Kier molecular flexibility index (Phi) is 12.7. The summed E-state index contributed by atoms with van der Waals surface area (Å²) in [5, 5.41) is 1.82. The summed E-state index contributed by atoms with van der Waals surface area (Å²) in [6.07, 6.45) is 0. The predicted octanol–water partition coefficient (Wildman–Crippen LogP) is 4.61. The van der Waals surface area contributed by atoms with Crippen LogP contribution in [0.5, 0.6) is 0 Å². The van der Waals surface area contributed by atoms with E-state index in [9.17, 15) is 0 Å². The summed E-state index contributed by atoms with van der Waals surface area (Å²) < 4.78 is 0. The van der Waals surface area contributed by atoms with Crippen LogP contribution in [0.2, 0.25) is 0 Å². The monoisotopic (exact) mass is 227 g/mol. The van der Waals surface area contributed by atoms with Crippen molar-refractivity contribution in [3.05, 3.63) is 24.3 Å². The molecule has 0 spiro atoms. The zero-order valence-electron chi connectivity index (χ0n) is 11.8. The normalized spacial score (nSPS) is 10.9.